The Kier molecular flexibility index (Phi) is 5.22. The van der Waals surface area contributed by atoms with Gasteiger partial charge in [-0.05, 0) is 31.9 Å². The third-order valence-corrected chi connectivity index (χ3v) is 3.63. The highest BCUT2D eigenvalue weighted by molar-refractivity contribution is 6.12. The van der Waals surface area contributed by atoms with Crippen molar-refractivity contribution in [2.75, 3.05) is 0 Å². The predicted molar refractivity (Wildman–Crippen MR) is 89.2 cm³/mol. The molecule has 0 aromatic heterocycles. The number of benzene rings is 2. The minimum Gasteiger partial charge on any atom is -0.294 e. The van der Waals surface area contributed by atoms with Gasteiger partial charge in [0.05, 0.1) is 12.1 Å². The van der Waals surface area contributed by atoms with Gasteiger partial charge in [0.1, 0.15) is 5.71 Å². The van der Waals surface area contributed by atoms with E-state index in [0.717, 1.165) is 5.56 Å². The largest absolute Gasteiger partial charge is 0.429 e. The number of ketones is 1. The lowest BCUT2D eigenvalue weighted by atomic mass is 10.0. The van der Waals surface area contributed by atoms with Gasteiger partial charge in [-0.3, -0.25) is 4.79 Å². The van der Waals surface area contributed by atoms with E-state index in [9.17, 15) is 18.0 Å². The summed E-state index contributed by atoms with van der Waals surface area (Å²) in [4.78, 5) is 15.9. The summed E-state index contributed by atoms with van der Waals surface area (Å²) in [6.07, 6.45) is -5.44. The van der Waals surface area contributed by atoms with E-state index in [4.69, 9.17) is 0 Å². The zero-order chi connectivity index (χ0) is 17.9. The Balaban J connectivity index is 2.42. The van der Waals surface area contributed by atoms with Gasteiger partial charge in [-0.15, -0.1) is 0 Å². The number of nitrogens with zero attached hydrogens (tertiary/aromatic N) is 1. The van der Waals surface area contributed by atoms with Crippen LogP contribution >= 0.6 is 0 Å². The zero-order valence-electron chi connectivity index (χ0n) is 13.7. The molecule has 0 amide bonds. The topological polar surface area (TPSA) is 29.4 Å². The van der Waals surface area contributed by atoms with Crippen LogP contribution in [-0.4, -0.2) is 17.7 Å². The summed E-state index contributed by atoms with van der Waals surface area (Å²) in [7, 11) is 0. The van der Waals surface area contributed by atoms with Crippen LogP contribution < -0.4 is 0 Å². The highest BCUT2D eigenvalue weighted by Crippen LogP contribution is 2.29. The lowest BCUT2D eigenvalue weighted by Crippen LogP contribution is -2.25. The van der Waals surface area contributed by atoms with Crippen LogP contribution in [0.3, 0.4) is 0 Å². The fourth-order valence-corrected chi connectivity index (χ4v) is 2.57. The lowest BCUT2D eigenvalue weighted by Gasteiger charge is -2.13. The molecular weight excluding hydrogens is 315 g/mol. The van der Waals surface area contributed by atoms with Crippen LogP contribution in [0.5, 0.6) is 0 Å². The van der Waals surface area contributed by atoms with Gasteiger partial charge in [0.15, 0.2) is 5.78 Å². The Morgan fingerprint density at radius 2 is 1.54 bits per heavy atom. The smallest absolute Gasteiger partial charge is 0.294 e. The van der Waals surface area contributed by atoms with Crippen molar-refractivity contribution in [3.05, 3.63) is 64.7 Å². The normalized spacial score (nSPS) is 12.3. The van der Waals surface area contributed by atoms with E-state index in [1.54, 1.807) is 44.2 Å². The third kappa shape index (κ3) is 4.31. The van der Waals surface area contributed by atoms with Crippen LogP contribution in [0.25, 0.3) is 0 Å². The van der Waals surface area contributed by atoms with Crippen LogP contribution in [0.15, 0.2) is 47.5 Å². The maximum atomic E-state index is 13.3. The van der Waals surface area contributed by atoms with E-state index in [1.165, 1.54) is 12.1 Å². The van der Waals surface area contributed by atoms with Gasteiger partial charge in [-0.1, -0.05) is 48.0 Å². The third-order valence-electron chi connectivity index (χ3n) is 3.63. The molecule has 0 radical (unpaired) electrons. The molecule has 0 aliphatic carbocycles. The number of aryl methyl sites for hydroxylation is 3. The minimum atomic E-state index is -4.66. The van der Waals surface area contributed by atoms with Gasteiger partial charge < -0.3 is 0 Å². The molecule has 0 aliphatic rings. The van der Waals surface area contributed by atoms with Crippen molar-refractivity contribution in [2.24, 2.45) is 4.99 Å². The monoisotopic (exact) mass is 333 g/mol. The number of carbonyl (C=O) groups is 1. The Hall–Kier alpha value is -2.43. The predicted octanol–water partition coefficient (Wildman–Crippen LogP) is 5.52. The van der Waals surface area contributed by atoms with Gasteiger partial charge in [-0.25, -0.2) is 4.99 Å². The van der Waals surface area contributed by atoms with Crippen molar-refractivity contribution < 1.29 is 18.0 Å². The van der Waals surface area contributed by atoms with E-state index >= 15 is 0 Å². The number of halogens is 3. The van der Waals surface area contributed by atoms with E-state index < -0.39 is 24.1 Å². The van der Waals surface area contributed by atoms with Gasteiger partial charge in [0, 0.05) is 5.56 Å². The Labute approximate surface area is 139 Å². The number of carbonyl (C=O) groups excluding carboxylic acids is 1. The summed E-state index contributed by atoms with van der Waals surface area (Å²) in [5.74, 6) is -0.603. The van der Waals surface area contributed by atoms with Crippen LogP contribution in [0, 0.1) is 20.8 Å². The molecule has 0 fully saturated rings. The first-order valence-corrected chi connectivity index (χ1v) is 7.49. The second-order valence-corrected chi connectivity index (χ2v) is 5.77. The number of alkyl halides is 3. The van der Waals surface area contributed by atoms with E-state index in [1.807, 2.05) is 6.92 Å². The first-order valence-electron chi connectivity index (χ1n) is 7.49. The fourth-order valence-electron chi connectivity index (χ4n) is 2.57. The average molecular weight is 333 g/mol. The molecule has 0 spiro atoms. The van der Waals surface area contributed by atoms with E-state index in [0.29, 0.717) is 11.1 Å². The first-order chi connectivity index (χ1) is 11.2. The summed E-state index contributed by atoms with van der Waals surface area (Å²) >= 11 is 0. The summed E-state index contributed by atoms with van der Waals surface area (Å²) in [5.41, 5.74) is 1.70. The van der Waals surface area contributed by atoms with Crippen molar-refractivity contribution >= 4 is 17.2 Å². The van der Waals surface area contributed by atoms with Gasteiger partial charge in [0.25, 0.3) is 0 Å². The SMILES string of the molecule is Cc1cc(C)c(N=C(CC(=O)c2ccccc2)C(F)(F)F)c(C)c1. The molecule has 2 rings (SSSR count). The standard InChI is InChI=1S/C19H18F3NO/c1-12-9-13(2)18(14(3)10-12)23-17(19(20,21)22)11-16(24)15-7-5-4-6-8-15/h4-10H,11H2,1-3H3. The van der Waals surface area contributed by atoms with Crippen molar-refractivity contribution in [1.82, 2.24) is 0 Å². The molecule has 0 bridgehead atoms. The Morgan fingerprint density at radius 3 is 2.04 bits per heavy atom. The first kappa shape index (κ1) is 17.9. The van der Waals surface area contributed by atoms with Crippen molar-refractivity contribution in [3.63, 3.8) is 0 Å². The second kappa shape index (κ2) is 6.99. The molecule has 0 atom stereocenters. The molecule has 0 aliphatic heterocycles. The Morgan fingerprint density at radius 1 is 1.00 bits per heavy atom. The second-order valence-electron chi connectivity index (χ2n) is 5.77. The molecule has 0 N–H and O–H groups in total. The van der Waals surface area contributed by atoms with Crippen molar-refractivity contribution in [1.29, 1.82) is 0 Å². The highest BCUT2D eigenvalue weighted by atomic mass is 19.4. The number of rotatable bonds is 4. The molecule has 5 heteroatoms. The fraction of sp³-hybridized carbons (Fsp3) is 0.263. The number of hydrogen-bond acceptors (Lipinski definition) is 2. The molecule has 2 aromatic carbocycles. The van der Waals surface area contributed by atoms with E-state index in [2.05, 4.69) is 4.99 Å². The van der Waals surface area contributed by atoms with E-state index in [-0.39, 0.29) is 11.3 Å². The highest BCUT2D eigenvalue weighted by Gasteiger charge is 2.37. The lowest BCUT2D eigenvalue weighted by molar-refractivity contribution is -0.0601. The number of aliphatic imine (C=N–C) groups is 1. The maximum absolute atomic E-state index is 13.3. The molecule has 126 valence electrons. The minimum absolute atomic E-state index is 0.242. The molecule has 0 unspecified atom stereocenters. The molecular formula is C19H18F3NO. The summed E-state index contributed by atoms with van der Waals surface area (Å²) in [6, 6.07) is 11.5. The summed E-state index contributed by atoms with van der Waals surface area (Å²) < 4.78 is 40.0. The van der Waals surface area contributed by atoms with Crippen molar-refractivity contribution in [3.8, 4) is 0 Å². The molecule has 0 heterocycles. The summed E-state index contributed by atoms with van der Waals surface area (Å²) in [6.45, 7) is 5.30. The van der Waals surface area contributed by atoms with Gasteiger partial charge in [0.2, 0.25) is 0 Å². The van der Waals surface area contributed by atoms with Crippen LogP contribution in [0.4, 0.5) is 18.9 Å². The number of Topliss-reactive ketones (excluding diaryl/α,β-unsaturated/α-hetero) is 1. The van der Waals surface area contributed by atoms with Crippen molar-refractivity contribution in [2.45, 2.75) is 33.4 Å². The van der Waals surface area contributed by atoms with Gasteiger partial charge >= 0.3 is 6.18 Å². The van der Waals surface area contributed by atoms with Crippen LogP contribution in [-0.2, 0) is 0 Å². The number of hydrogen-bond donors (Lipinski definition) is 0. The molecule has 0 saturated heterocycles. The molecule has 2 nitrogen and oxygen atoms in total. The van der Waals surface area contributed by atoms with Gasteiger partial charge in [-0.2, -0.15) is 13.2 Å². The average Bonchev–Trinajstić information content (AvgIpc) is 2.49. The zero-order valence-corrected chi connectivity index (χ0v) is 13.7. The molecule has 24 heavy (non-hydrogen) atoms. The Bertz CT molecular complexity index is 754. The molecule has 0 saturated carbocycles. The maximum Gasteiger partial charge on any atom is 0.429 e. The van der Waals surface area contributed by atoms with Crippen LogP contribution in [0.1, 0.15) is 33.5 Å². The quantitative estimate of drug-likeness (QED) is 0.535. The summed E-state index contributed by atoms with van der Waals surface area (Å²) in [5, 5.41) is 0. The van der Waals surface area contributed by atoms with Crippen LogP contribution in [0.2, 0.25) is 0 Å². The molecule has 2 aromatic rings.